The number of amides is 1. The van der Waals surface area contributed by atoms with E-state index >= 15 is 0 Å². The van der Waals surface area contributed by atoms with Gasteiger partial charge >= 0.3 is 0 Å². The van der Waals surface area contributed by atoms with E-state index in [0.29, 0.717) is 21.8 Å². The third-order valence-electron chi connectivity index (χ3n) is 2.95. The topological polar surface area (TPSA) is 71.1 Å². The zero-order valence-corrected chi connectivity index (χ0v) is 14.3. The number of nitrogens with zero attached hydrogens (tertiary/aromatic N) is 3. The Labute approximate surface area is 138 Å². The van der Waals surface area contributed by atoms with Crippen molar-refractivity contribution in [1.82, 2.24) is 20.1 Å². The molecule has 0 saturated heterocycles. The van der Waals surface area contributed by atoms with E-state index in [4.69, 9.17) is 16.3 Å². The number of aromatic nitrogens is 3. The lowest BCUT2D eigenvalue weighted by molar-refractivity contribution is -0.127. The fourth-order valence-electron chi connectivity index (χ4n) is 1.86. The highest BCUT2D eigenvalue weighted by molar-refractivity contribution is 8.00. The Morgan fingerprint density at radius 3 is 2.82 bits per heavy atom. The van der Waals surface area contributed by atoms with Crippen LogP contribution >= 0.6 is 23.4 Å². The van der Waals surface area contributed by atoms with Gasteiger partial charge in [-0.3, -0.25) is 9.89 Å². The highest BCUT2D eigenvalue weighted by Crippen LogP contribution is 2.31. The molecule has 0 aliphatic heterocycles. The molecule has 0 fully saturated rings. The highest BCUT2D eigenvalue weighted by Gasteiger charge is 2.19. The number of hydrogen-bond acceptors (Lipinski definition) is 5. The molecule has 1 aromatic carbocycles. The van der Waals surface area contributed by atoms with Crippen LogP contribution in [0.5, 0.6) is 5.75 Å². The molecule has 6 nitrogen and oxygen atoms in total. The number of benzene rings is 1. The van der Waals surface area contributed by atoms with Crippen LogP contribution in [0.4, 0.5) is 0 Å². The average molecular weight is 341 g/mol. The van der Waals surface area contributed by atoms with E-state index in [1.165, 1.54) is 11.8 Å². The lowest BCUT2D eigenvalue weighted by atomic mass is 10.2. The average Bonchev–Trinajstić information content (AvgIpc) is 2.94. The van der Waals surface area contributed by atoms with Crippen molar-refractivity contribution in [3.63, 3.8) is 0 Å². The smallest absolute Gasteiger partial charge is 0.235 e. The number of hydrogen-bond donors (Lipinski definition) is 1. The van der Waals surface area contributed by atoms with Crippen molar-refractivity contribution in [3.05, 3.63) is 23.2 Å². The molecule has 8 heteroatoms. The summed E-state index contributed by atoms with van der Waals surface area (Å²) in [6.07, 6.45) is 0. The molecule has 0 aliphatic carbocycles. The fourth-order valence-corrected chi connectivity index (χ4v) is 2.90. The number of methoxy groups -OCH3 is 1. The van der Waals surface area contributed by atoms with Crippen molar-refractivity contribution in [2.45, 2.75) is 17.3 Å². The van der Waals surface area contributed by atoms with Crippen LogP contribution in [-0.4, -0.2) is 52.4 Å². The molecule has 0 saturated carbocycles. The van der Waals surface area contributed by atoms with Crippen LogP contribution in [0.25, 0.3) is 11.4 Å². The molecule has 118 valence electrons. The van der Waals surface area contributed by atoms with Gasteiger partial charge < -0.3 is 9.64 Å². The van der Waals surface area contributed by atoms with Crippen molar-refractivity contribution < 1.29 is 9.53 Å². The summed E-state index contributed by atoms with van der Waals surface area (Å²) in [5.41, 5.74) is 0.723. The van der Waals surface area contributed by atoms with E-state index in [2.05, 4.69) is 15.2 Å². The van der Waals surface area contributed by atoms with Gasteiger partial charge in [0.25, 0.3) is 0 Å². The number of thioether (sulfide) groups is 1. The molecule has 0 bridgehead atoms. The summed E-state index contributed by atoms with van der Waals surface area (Å²) in [5.74, 6) is 1.21. The highest BCUT2D eigenvalue weighted by atomic mass is 35.5. The zero-order chi connectivity index (χ0) is 16.3. The molecule has 1 N–H and O–H groups in total. The number of carbonyl (C=O) groups is 1. The second-order valence-electron chi connectivity index (χ2n) is 4.80. The van der Waals surface area contributed by atoms with Crippen LogP contribution in [-0.2, 0) is 4.79 Å². The lowest BCUT2D eigenvalue weighted by Gasteiger charge is -2.14. The van der Waals surface area contributed by atoms with Crippen molar-refractivity contribution in [2.75, 3.05) is 21.2 Å². The zero-order valence-electron chi connectivity index (χ0n) is 12.8. The van der Waals surface area contributed by atoms with Crippen molar-refractivity contribution in [1.29, 1.82) is 0 Å². The first-order valence-electron chi connectivity index (χ1n) is 6.56. The number of H-pyrrole nitrogens is 1. The number of rotatable bonds is 5. The molecule has 1 amide bonds. The van der Waals surface area contributed by atoms with Crippen molar-refractivity contribution >= 4 is 29.3 Å². The quantitative estimate of drug-likeness (QED) is 0.847. The minimum atomic E-state index is -0.264. The Kier molecular flexibility index (Phi) is 5.31. The summed E-state index contributed by atoms with van der Waals surface area (Å²) in [6.45, 7) is 1.82. The van der Waals surface area contributed by atoms with Crippen LogP contribution in [0.15, 0.2) is 23.4 Å². The van der Waals surface area contributed by atoms with Gasteiger partial charge in [-0.2, -0.15) is 0 Å². The molecule has 2 aromatic rings. The van der Waals surface area contributed by atoms with Crippen molar-refractivity contribution in [2.24, 2.45) is 0 Å². The Bertz CT molecular complexity index is 675. The normalized spacial score (nSPS) is 12.0. The largest absolute Gasteiger partial charge is 0.496 e. The van der Waals surface area contributed by atoms with Gasteiger partial charge in [0.1, 0.15) is 5.75 Å². The summed E-state index contributed by atoms with van der Waals surface area (Å²) in [4.78, 5) is 17.8. The van der Waals surface area contributed by atoms with Crippen LogP contribution in [0.2, 0.25) is 5.02 Å². The first-order chi connectivity index (χ1) is 10.4. The molecule has 2 rings (SSSR count). The maximum Gasteiger partial charge on any atom is 0.235 e. The van der Waals surface area contributed by atoms with E-state index in [1.807, 2.05) is 6.92 Å². The monoisotopic (exact) mass is 340 g/mol. The number of nitrogens with one attached hydrogen (secondary N) is 1. The minimum absolute atomic E-state index is 0.0108. The van der Waals surface area contributed by atoms with Gasteiger partial charge in [0.2, 0.25) is 11.1 Å². The van der Waals surface area contributed by atoms with E-state index in [-0.39, 0.29) is 11.2 Å². The van der Waals surface area contributed by atoms with Gasteiger partial charge in [0.05, 0.1) is 17.9 Å². The molecule has 0 aliphatic rings. The SMILES string of the molecule is COc1ccc(Cl)cc1-c1nc(S[C@H](C)C(=O)N(C)C)n[nH]1. The van der Waals surface area contributed by atoms with E-state index in [1.54, 1.807) is 44.3 Å². The Morgan fingerprint density at radius 1 is 1.45 bits per heavy atom. The summed E-state index contributed by atoms with van der Waals surface area (Å²) in [6, 6.07) is 5.27. The maximum atomic E-state index is 11.9. The van der Waals surface area contributed by atoms with Crippen LogP contribution in [0.1, 0.15) is 6.92 Å². The lowest BCUT2D eigenvalue weighted by Crippen LogP contribution is -2.29. The van der Waals surface area contributed by atoms with E-state index < -0.39 is 0 Å². The second-order valence-corrected chi connectivity index (χ2v) is 6.55. The Hall–Kier alpha value is -1.73. The number of halogens is 1. The van der Waals surface area contributed by atoms with Gasteiger partial charge in [-0.25, -0.2) is 4.98 Å². The number of ether oxygens (including phenoxy) is 1. The summed E-state index contributed by atoms with van der Waals surface area (Å²) in [7, 11) is 5.02. The van der Waals surface area contributed by atoms with Gasteiger partial charge in [0, 0.05) is 19.1 Å². The molecule has 22 heavy (non-hydrogen) atoms. The predicted molar refractivity (Wildman–Crippen MR) is 87.4 cm³/mol. The molecule has 1 atom stereocenters. The molecule has 0 unspecified atom stereocenters. The van der Waals surface area contributed by atoms with E-state index in [9.17, 15) is 4.79 Å². The first kappa shape index (κ1) is 16.6. The predicted octanol–water partition coefficient (Wildman–Crippen LogP) is 2.70. The van der Waals surface area contributed by atoms with E-state index in [0.717, 1.165) is 5.56 Å². The van der Waals surface area contributed by atoms with Crippen molar-refractivity contribution in [3.8, 4) is 17.1 Å². The number of carbonyl (C=O) groups excluding carboxylic acids is 1. The summed E-state index contributed by atoms with van der Waals surface area (Å²) in [5, 5.41) is 7.81. The molecular weight excluding hydrogens is 324 g/mol. The van der Waals surface area contributed by atoms with Crippen LogP contribution < -0.4 is 4.74 Å². The molecule has 0 spiro atoms. The molecular formula is C14H17ClN4O2S. The molecule has 0 radical (unpaired) electrons. The van der Waals surface area contributed by atoms with Gasteiger partial charge in [0.15, 0.2) is 5.82 Å². The third-order valence-corrected chi connectivity index (χ3v) is 4.14. The second kappa shape index (κ2) is 7.02. The van der Waals surface area contributed by atoms with Gasteiger partial charge in [-0.1, -0.05) is 23.4 Å². The standard InChI is InChI=1S/C14H17ClN4O2S/c1-8(13(20)19(2)3)22-14-16-12(17-18-14)10-7-9(15)5-6-11(10)21-4/h5-8H,1-4H3,(H,16,17,18)/t8-/m1/s1. The fraction of sp³-hybridized carbons (Fsp3) is 0.357. The molecule has 1 aromatic heterocycles. The maximum absolute atomic E-state index is 11.9. The summed E-state index contributed by atoms with van der Waals surface area (Å²) < 4.78 is 5.30. The van der Waals surface area contributed by atoms with Gasteiger partial charge in [-0.15, -0.1) is 5.10 Å². The first-order valence-corrected chi connectivity index (χ1v) is 7.82. The Balaban J connectivity index is 2.22. The molecule has 1 heterocycles. The number of aromatic amines is 1. The minimum Gasteiger partial charge on any atom is -0.496 e. The Morgan fingerprint density at radius 2 is 2.18 bits per heavy atom. The van der Waals surface area contributed by atoms with Crippen LogP contribution in [0, 0.1) is 0 Å². The summed E-state index contributed by atoms with van der Waals surface area (Å²) >= 11 is 7.31. The van der Waals surface area contributed by atoms with Crippen LogP contribution in [0.3, 0.4) is 0 Å². The van der Waals surface area contributed by atoms with Gasteiger partial charge in [-0.05, 0) is 25.1 Å². The third kappa shape index (κ3) is 3.72.